The van der Waals surface area contributed by atoms with Crippen molar-refractivity contribution < 1.29 is 14.3 Å². The van der Waals surface area contributed by atoms with Gasteiger partial charge in [0.15, 0.2) is 0 Å². The van der Waals surface area contributed by atoms with Crippen molar-refractivity contribution in [3.63, 3.8) is 0 Å². The molecule has 0 saturated carbocycles. The maximum absolute atomic E-state index is 12.0. The van der Waals surface area contributed by atoms with Crippen molar-refractivity contribution >= 4 is 23.4 Å². The van der Waals surface area contributed by atoms with Crippen molar-refractivity contribution in [2.24, 2.45) is 0 Å². The highest BCUT2D eigenvalue weighted by Crippen LogP contribution is 2.30. The molecule has 1 aliphatic heterocycles. The Morgan fingerprint density at radius 1 is 1.32 bits per heavy atom. The van der Waals surface area contributed by atoms with E-state index < -0.39 is 0 Å². The zero-order valence-electron chi connectivity index (χ0n) is 15.7. The fraction of sp³-hybridized carbons (Fsp3) is 0.300. The number of hydrogen-bond donors (Lipinski definition) is 1. The van der Waals surface area contributed by atoms with Crippen molar-refractivity contribution in [1.29, 1.82) is 0 Å². The summed E-state index contributed by atoms with van der Waals surface area (Å²) < 4.78 is 6.02. The number of carbonyl (C=O) groups excluding carboxylic acids is 2. The molecule has 7 nitrogen and oxygen atoms in total. The lowest BCUT2D eigenvalue weighted by atomic mass is 10.0. The molecule has 1 fully saturated rings. The Labute approximate surface area is 168 Å². The predicted molar refractivity (Wildman–Crippen MR) is 106 cm³/mol. The first-order chi connectivity index (χ1) is 13.4. The molecule has 0 aromatic carbocycles. The topological polar surface area (TPSA) is 84.4 Å². The molecule has 2 atom stereocenters. The van der Waals surface area contributed by atoms with Crippen LogP contribution in [0.2, 0.25) is 5.15 Å². The normalized spacial score (nSPS) is 19.2. The molecule has 28 heavy (non-hydrogen) atoms. The average molecular weight is 401 g/mol. The molecule has 1 saturated heterocycles. The largest absolute Gasteiger partial charge is 0.367 e. The van der Waals surface area contributed by atoms with Crippen molar-refractivity contribution in [3.05, 3.63) is 59.4 Å². The molecule has 146 valence electrons. The Bertz CT molecular complexity index is 918. The molecular formula is C20H21ClN4O3. The summed E-state index contributed by atoms with van der Waals surface area (Å²) in [5, 5.41) is 2.86. The number of nitrogens with zero attached hydrogens (tertiary/aromatic N) is 3. The summed E-state index contributed by atoms with van der Waals surface area (Å²) in [7, 11) is 1.57. The Morgan fingerprint density at radius 2 is 2.11 bits per heavy atom. The molecule has 0 bridgehead atoms. The van der Waals surface area contributed by atoms with E-state index in [4.69, 9.17) is 16.3 Å². The molecule has 0 radical (unpaired) electrons. The van der Waals surface area contributed by atoms with Crippen molar-refractivity contribution in [2.75, 3.05) is 20.1 Å². The minimum atomic E-state index is -0.353. The van der Waals surface area contributed by atoms with E-state index in [1.165, 1.54) is 6.08 Å². The van der Waals surface area contributed by atoms with Gasteiger partial charge in [-0.1, -0.05) is 18.2 Å². The first kappa shape index (κ1) is 20.0. The summed E-state index contributed by atoms with van der Waals surface area (Å²) in [6.45, 7) is 6.35. The van der Waals surface area contributed by atoms with Gasteiger partial charge in [-0.05, 0) is 42.8 Å². The van der Waals surface area contributed by atoms with Crippen LogP contribution >= 0.6 is 11.6 Å². The standard InChI is InChI=1S/C20H21ClN4O3/c1-4-19(26)25-10-12(2)28-17(11-25)14-8-16(24-18(21)9-14)15-7-13(5-6-23-15)20(27)22-3/h4-9,12,17H,1,10-11H2,2-3H3,(H,22,27)/t12-,17?/m0/s1. The number of carbonyl (C=O) groups is 2. The summed E-state index contributed by atoms with van der Waals surface area (Å²) in [6.07, 6.45) is 2.36. The molecule has 0 spiro atoms. The highest BCUT2D eigenvalue weighted by Gasteiger charge is 2.29. The van der Waals surface area contributed by atoms with Gasteiger partial charge in [-0.15, -0.1) is 0 Å². The second-order valence-corrected chi connectivity index (χ2v) is 6.89. The van der Waals surface area contributed by atoms with Crippen LogP contribution in [-0.4, -0.2) is 52.9 Å². The first-order valence-corrected chi connectivity index (χ1v) is 9.22. The van der Waals surface area contributed by atoms with Crippen LogP contribution in [0.25, 0.3) is 11.4 Å². The molecule has 1 N–H and O–H groups in total. The van der Waals surface area contributed by atoms with Crippen LogP contribution in [0.1, 0.15) is 28.9 Å². The Kier molecular flexibility index (Phi) is 6.06. The molecule has 8 heteroatoms. The van der Waals surface area contributed by atoms with Gasteiger partial charge in [0.05, 0.1) is 24.0 Å². The Morgan fingerprint density at radius 3 is 2.82 bits per heavy atom. The smallest absolute Gasteiger partial charge is 0.251 e. The molecule has 2 aromatic rings. The molecule has 1 aliphatic rings. The Balaban J connectivity index is 1.94. The zero-order valence-corrected chi connectivity index (χ0v) is 16.4. The van der Waals surface area contributed by atoms with Gasteiger partial charge in [-0.25, -0.2) is 4.98 Å². The van der Waals surface area contributed by atoms with E-state index in [-0.39, 0.29) is 29.2 Å². The number of aromatic nitrogens is 2. The second-order valence-electron chi connectivity index (χ2n) is 6.50. The summed E-state index contributed by atoms with van der Waals surface area (Å²) in [4.78, 5) is 34.3. The van der Waals surface area contributed by atoms with E-state index in [1.807, 2.05) is 13.0 Å². The number of morpholine rings is 1. The lowest BCUT2D eigenvalue weighted by Gasteiger charge is -2.36. The van der Waals surface area contributed by atoms with Gasteiger partial charge in [-0.2, -0.15) is 0 Å². The number of ether oxygens (including phenoxy) is 1. The third kappa shape index (κ3) is 4.37. The fourth-order valence-corrected chi connectivity index (χ4v) is 3.35. The summed E-state index contributed by atoms with van der Waals surface area (Å²) in [5.74, 6) is -0.352. The molecule has 3 heterocycles. The summed E-state index contributed by atoms with van der Waals surface area (Å²) in [6, 6.07) is 6.81. The van der Waals surface area contributed by atoms with Gasteiger partial charge >= 0.3 is 0 Å². The number of pyridine rings is 2. The second kappa shape index (κ2) is 8.50. The number of rotatable bonds is 4. The van der Waals surface area contributed by atoms with E-state index in [9.17, 15) is 9.59 Å². The van der Waals surface area contributed by atoms with Gasteiger partial charge in [0.1, 0.15) is 11.3 Å². The maximum atomic E-state index is 12.0. The van der Waals surface area contributed by atoms with Gasteiger partial charge in [0.25, 0.3) is 5.91 Å². The SMILES string of the molecule is C=CC(=O)N1CC(c2cc(Cl)nc(-c3cc(C(=O)NC)ccn3)c2)O[C@@H](C)C1. The number of hydrogen-bond acceptors (Lipinski definition) is 5. The van der Waals surface area contributed by atoms with E-state index in [2.05, 4.69) is 21.9 Å². The monoisotopic (exact) mass is 400 g/mol. The van der Waals surface area contributed by atoms with E-state index in [1.54, 1.807) is 36.3 Å². The van der Waals surface area contributed by atoms with Gasteiger partial charge in [0.2, 0.25) is 5.91 Å². The number of nitrogens with one attached hydrogen (secondary N) is 1. The van der Waals surface area contributed by atoms with Crippen LogP contribution < -0.4 is 5.32 Å². The van der Waals surface area contributed by atoms with Gasteiger partial charge in [-0.3, -0.25) is 14.6 Å². The third-order valence-electron chi connectivity index (χ3n) is 4.45. The minimum Gasteiger partial charge on any atom is -0.367 e. The molecule has 3 rings (SSSR count). The van der Waals surface area contributed by atoms with E-state index >= 15 is 0 Å². The molecule has 0 aliphatic carbocycles. The van der Waals surface area contributed by atoms with Crippen LogP contribution in [-0.2, 0) is 9.53 Å². The maximum Gasteiger partial charge on any atom is 0.251 e. The molecule has 1 unspecified atom stereocenters. The predicted octanol–water partition coefficient (Wildman–Crippen LogP) is 2.63. The first-order valence-electron chi connectivity index (χ1n) is 8.84. The lowest BCUT2D eigenvalue weighted by molar-refractivity contribution is -0.139. The van der Waals surface area contributed by atoms with Crippen molar-refractivity contribution in [3.8, 4) is 11.4 Å². The Hall–Kier alpha value is -2.77. The van der Waals surface area contributed by atoms with Gasteiger partial charge in [0, 0.05) is 25.4 Å². The van der Waals surface area contributed by atoms with Gasteiger partial charge < -0.3 is 15.0 Å². The van der Waals surface area contributed by atoms with Crippen LogP contribution in [0.5, 0.6) is 0 Å². The highest BCUT2D eigenvalue weighted by atomic mass is 35.5. The van der Waals surface area contributed by atoms with Crippen molar-refractivity contribution in [2.45, 2.75) is 19.1 Å². The minimum absolute atomic E-state index is 0.132. The van der Waals surface area contributed by atoms with Crippen LogP contribution in [0.15, 0.2) is 43.1 Å². The summed E-state index contributed by atoms with van der Waals surface area (Å²) >= 11 is 6.24. The van der Waals surface area contributed by atoms with Crippen LogP contribution in [0.4, 0.5) is 0 Å². The van der Waals surface area contributed by atoms with Crippen molar-refractivity contribution in [1.82, 2.24) is 20.2 Å². The van der Waals surface area contributed by atoms with Crippen LogP contribution in [0.3, 0.4) is 0 Å². The van der Waals surface area contributed by atoms with E-state index in [0.29, 0.717) is 30.0 Å². The summed E-state index contributed by atoms with van der Waals surface area (Å²) in [5.41, 5.74) is 2.31. The quantitative estimate of drug-likeness (QED) is 0.630. The third-order valence-corrected chi connectivity index (χ3v) is 4.64. The zero-order chi connectivity index (χ0) is 20.3. The molecule has 2 aromatic heterocycles. The number of amides is 2. The molecule has 2 amide bonds. The fourth-order valence-electron chi connectivity index (χ4n) is 3.13. The molecular weight excluding hydrogens is 380 g/mol. The average Bonchev–Trinajstić information content (AvgIpc) is 2.71. The van der Waals surface area contributed by atoms with Crippen LogP contribution in [0, 0.1) is 0 Å². The highest BCUT2D eigenvalue weighted by molar-refractivity contribution is 6.29. The van der Waals surface area contributed by atoms with E-state index in [0.717, 1.165) is 5.56 Å². The number of halogens is 1. The lowest BCUT2D eigenvalue weighted by Crippen LogP contribution is -2.45.